The fourth-order valence-electron chi connectivity index (χ4n) is 2.30. The molecule has 130 valence electrons. The molecule has 1 atom stereocenters. The van der Waals surface area contributed by atoms with Crippen LogP contribution in [0.2, 0.25) is 0 Å². The molecular weight excluding hydrogens is 327 g/mol. The van der Waals surface area contributed by atoms with Crippen molar-refractivity contribution in [1.82, 2.24) is 4.90 Å². The summed E-state index contributed by atoms with van der Waals surface area (Å²) in [7, 11) is 0. The third-order valence-electron chi connectivity index (χ3n) is 3.64. The number of hydrogen-bond donors (Lipinski definition) is 1. The first kappa shape index (κ1) is 18.0. The maximum atomic E-state index is 12.7. The third kappa shape index (κ3) is 4.35. The number of alkyl halides is 3. The van der Waals surface area contributed by atoms with Crippen molar-refractivity contribution in [2.75, 3.05) is 19.7 Å². The van der Waals surface area contributed by atoms with E-state index in [1.807, 2.05) is 0 Å². The van der Waals surface area contributed by atoms with E-state index in [1.54, 1.807) is 0 Å². The molecule has 8 heteroatoms. The summed E-state index contributed by atoms with van der Waals surface area (Å²) < 4.78 is 43.2. The number of carbonyl (C=O) groups excluding carboxylic acids is 1. The molecule has 1 saturated heterocycles. The van der Waals surface area contributed by atoms with Gasteiger partial charge in [-0.1, -0.05) is 12.1 Å². The zero-order valence-electron chi connectivity index (χ0n) is 12.8. The quantitative estimate of drug-likeness (QED) is 0.856. The van der Waals surface area contributed by atoms with E-state index in [-0.39, 0.29) is 25.3 Å². The number of hydrogen-bond acceptors (Lipinski definition) is 3. The first-order chi connectivity index (χ1) is 11.2. The van der Waals surface area contributed by atoms with E-state index >= 15 is 0 Å². The van der Waals surface area contributed by atoms with Crippen molar-refractivity contribution in [3.8, 4) is 0 Å². The predicted molar refractivity (Wildman–Crippen MR) is 79.1 cm³/mol. The number of nitrogens with zero attached hydrogens (tertiary/aromatic N) is 1. The molecule has 1 aliphatic rings. The summed E-state index contributed by atoms with van der Waals surface area (Å²) >= 11 is 0. The van der Waals surface area contributed by atoms with Crippen LogP contribution >= 0.6 is 0 Å². The van der Waals surface area contributed by atoms with E-state index in [0.29, 0.717) is 5.57 Å². The fourth-order valence-corrected chi connectivity index (χ4v) is 2.30. The maximum Gasteiger partial charge on any atom is 0.416 e. The minimum absolute atomic E-state index is 0.0964. The van der Waals surface area contributed by atoms with Crippen molar-refractivity contribution in [2.45, 2.75) is 19.2 Å². The minimum atomic E-state index is -4.46. The number of aliphatic carboxylic acids is 1. The molecule has 1 N–H and O–H groups in total. The molecule has 1 heterocycles. The molecule has 1 aromatic rings. The Hall–Kier alpha value is -2.35. The molecular formula is C16H16F3NO4. The number of carbonyl (C=O) groups is 2. The summed E-state index contributed by atoms with van der Waals surface area (Å²) in [5.41, 5.74) is -0.150. The van der Waals surface area contributed by atoms with Gasteiger partial charge in [-0.25, -0.2) is 4.79 Å². The molecule has 1 unspecified atom stereocenters. The molecule has 0 aliphatic carbocycles. The monoisotopic (exact) mass is 343 g/mol. The number of rotatable bonds is 3. The standard InChI is InChI=1S/C16H16F3NO4/c1-10(11-3-2-4-12(8-11)16(17,18)19)7-14(21)20-5-6-24-13(9-20)15(22)23/h2-4,7-8,13H,5-6,9H2,1H3,(H,22,23)/b10-7+. The van der Waals surface area contributed by atoms with Crippen molar-refractivity contribution in [2.24, 2.45) is 0 Å². The lowest BCUT2D eigenvalue weighted by Gasteiger charge is -2.30. The summed E-state index contributed by atoms with van der Waals surface area (Å²) in [6.45, 7) is 1.76. The van der Waals surface area contributed by atoms with Crippen LogP contribution < -0.4 is 0 Å². The normalized spacial score (nSPS) is 19.2. The van der Waals surface area contributed by atoms with Crippen molar-refractivity contribution < 1.29 is 32.6 Å². The van der Waals surface area contributed by atoms with Crippen LogP contribution in [0.25, 0.3) is 5.57 Å². The van der Waals surface area contributed by atoms with Crippen LogP contribution in [-0.4, -0.2) is 47.7 Å². The predicted octanol–water partition coefficient (Wildman–Crippen LogP) is 2.42. The molecule has 0 bridgehead atoms. The highest BCUT2D eigenvalue weighted by molar-refractivity contribution is 5.95. The van der Waals surface area contributed by atoms with E-state index in [0.717, 1.165) is 12.1 Å². The van der Waals surface area contributed by atoms with Crippen LogP contribution in [0.1, 0.15) is 18.1 Å². The SMILES string of the molecule is C/C(=C\C(=O)N1CCOC(C(=O)O)C1)c1cccc(C(F)(F)F)c1. The van der Waals surface area contributed by atoms with Crippen molar-refractivity contribution >= 4 is 17.4 Å². The number of morpholine rings is 1. The third-order valence-corrected chi connectivity index (χ3v) is 3.64. The molecule has 24 heavy (non-hydrogen) atoms. The van der Waals surface area contributed by atoms with Gasteiger partial charge in [0.15, 0.2) is 6.10 Å². The summed E-state index contributed by atoms with van der Waals surface area (Å²) in [4.78, 5) is 24.4. The number of amides is 1. The molecule has 0 aromatic heterocycles. The Kier molecular flexibility index (Phi) is 5.28. The zero-order valence-corrected chi connectivity index (χ0v) is 12.8. The number of allylic oxidation sites excluding steroid dienone is 1. The Bertz CT molecular complexity index is 670. The van der Waals surface area contributed by atoms with E-state index in [9.17, 15) is 22.8 Å². The van der Waals surface area contributed by atoms with Gasteiger partial charge in [0, 0.05) is 12.6 Å². The van der Waals surface area contributed by atoms with Gasteiger partial charge in [0.25, 0.3) is 0 Å². The second-order valence-electron chi connectivity index (χ2n) is 5.39. The lowest BCUT2D eigenvalue weighted by atomic mass is 10.0. The maximum absolute atomic E-state index is 12.7. The van der Waals surface area contributed by atoms with E-state index < -0.39 is 29.7 Å². The second kappa shape index (κ2) is 7.04. The molecule has 0 radical (unpaired) electrons. The van der Waals surface area contributed by atoms with Crippen LogP contribution in [0.5, 0.6) is 0 Å². The molecule has 1 amide bonds. The Labute approximate surface area is 136 Å². The number of carboxylic acid groups (broad SMARTS) is 1. The molecule has 0 spiro atoms. The highest BCUT2D eigenvalue weighted by Gasteiger charge is 2.31. The van der Waals surface area contributed by atoms with Crippen LogP contribution in [0, 0.1) is 0 Å². The largest absolute Gasteiger partial charge is 0.479 e. The lowest BCUT2D eigenvalue weighted by molar-refractivity contribution is -0.158. The molecule has 1 aromatic carbocycles. The van der Waals surface area contributed by atoms with Crippen molar-refractivity contribution in [3.63, 3.8) is 0 Å². The van der Waals surface area contributed by atoms with Gasteiger partial charge < -0.3 is 14.7 Å². The zero-order chi connectivity index (χ0) is 17.9. The van der Waals surface area contributed by atoms with E-state index in [4.69, 9.17) is 9.84 Å². The number of carboxylic acids is 1. The summed E-state index contributed by atoms with van der Waals surface area (Å²) in [5, 5.41) is 8.92. The second-order valence-corrected chi connectivity index (χ2v) is 5.39. The van der Waals surface area contributed by atoms with Crippen LogP contribution in [-0.2, 0) is 20.5 Å². The lowest BCUT2D eigenvalue weighted by Crippen LogP contribution is -2.48. The van der Waals surface area contributed by atoms with Gasteiger partial charge in [-0.3, -0.25) is 4.79 Å². The van der Waals surface area contributed by atoms with Gasteiger partial charge >= 0.3 is 12.1 Å². The van der Waals surface area contributed by atoms with E-state index in [1.165, 1.54) is 30.0 Å². The van der Waals surface area contributed by atoms with Crippen LogP contribution in [0.3, 0.4) is 0 Å². The minimum Gasteiger partial charge on any atom is -0.479 e. The number of ether oxygens (including phenoxy) is 1. The Morgan fingerprint density at radius 2 is 2.08 bits per heavy atom. The number of benzene rings is 1. The fraction of sp³-hybridized carbons (Fsp3) is 0.375. The van der Waals surface area contributed by atoms with Gasteiger partial charge in [0.05, 0.1) is 18.7 Å². The highest BCUT2D eigenvalue weighted by atomic mass is 19.4. The molecule has 1 aliphatic heterocycles. The van der Waals surface area contributed by atoms with E-state index in [2.05, 4.69) is 0 Å². The summed E-state index contributed by atoms with van der Waals surface area (Å²) in [6, 6.07) is 4.68. The van der Waals surface area contributed by atoms with Gasteiger partial charge in [-0.05, 0) is 30.2 Å². The van der Waals surface area contributed by atoms with Crippen molar-refractivity contribution in [1.29, 1.82) is 0 Å². The number of halogens is 3. The molecule has 0 saturated carbocycles. The molecule has 1 fully saturated rings. The summed E-state index contributed by atoms with van der Waals surface area (Å²) in [6.07, 6.45) is -4.34. The smallest absolute Gasteiger partial charge is 0.416 e. The van der Waals surface area contributed by atoms with Gasteiger partial charge in [-0.15, -0.1) is 0 Å². The van der Waals surface area contributed by atoms with Gasteiger partial charge in [0.2, 0.25) is 5.91 Å². The van der Waals surface area contributed by atoms with Gasteiger partial charge in [0.1, 0.15) is 0 Å². The topological polar surface area (TPSA) is 66.8 Å². The van der Waals surface area contributed by atoms with Crippen LogP contribution in [0.4, 0.5) is 13.2 Å². The Morgan fingerprint density at radius 3 is 2.71 bits per heavy atom. The first-order valence-electron chi connectivity index (χ1n) is 7.17. The average molecular weight is 343 g/mol. The Morgan fingerprint density at radius 1 is 1.38 bits per heavy atom. The highest BCUT2D eigenvalue weighted by Crippen LogP contribution is 2.30. The van der Waals surface area contributed by atoms with Crippen LogP contribution in [0.15, 0.2) is 30.3 Å². The molecule has 5 nitrogen and oxygen atoms in total. The average Bonchev–Trinajstić information content (AvgIpc) is 2.54. The molecule has 2 rings (SSSR count). The van der Waals surface area contributed by atoms with Gasteiger partial charge in [-0.2, -0.15) is 13.2 Å². The summed E-state index contributed by atoms with van der Waals surface area (Å²) in [5.74, 6) is -1.62. The first-order valence-corrected chi connectivity index (χ1v) is 7.17. The Balaban J connectivity index is 2.15. The van der Waals surface area contributed by atoms with Crippen molar-refractivity contribution in [3.05, 3.63) is 41.5 Å².